The average Bonchev–Trinajstić information content (AvgIpc) is 2.60. The molecule has 0 amide bonds. The van der Waals surface area contributed by atoms with Gasteiger partial charge in [-0.2, -0.15) is 0 Å². The molecule has 94 valence electrons. The van der Waals surface area contributed by atoms with Crippen molar-refractivity contribution in [3.63, 3.8) is 0 Å². The molecular formula is C14H20FNO. The highest BCUT2D eigenvalue weighted by Gasteiger charge is 2.23. The quantitative estimate of drug-likeness (QED) is 0.611. The molecule has 2 rings (SSSR count). The van der Waals surface area contributed by atoms with E-state index in [-0.39, 0.29) is 11.7 Å². The van der Waals surface area contributed by atoms with E-state index in [4.69, 9.17) is 5.73 Å². The van der Waals surface area contributed by atoms with Gasteiger partial charge < -0.3 is 10.8 Å². The maximum atomic E-state index is 13.2. The molecule has 1 aromatic carbocycles. The lowest BCUT2D eigenvalue weighted by Crippen LogP contribution is -2.14. The van der Waals surface area contributed by atoms with Crippen LogP contribution in [0.5, 0.6) is 0 Å². The smallest absolute Gasteiger partial charge is 0.123 e. The monoisotopic (exact) mass is 237 g/mol. The predicted molar refractivity (Wildman–Crippen MR) is 67.0 cm³/mol. The Morgan fingerprint density at radius 1 is 1.18 bits per heavy atom. The first kappa shape index (κ1) is 12.4. The van der Waals surface area contributed by atoms with Gasteiger partial charge in [-0.05, 0) is 37.0 Å². The molecule has 1 aliphatic rings. The summed E-state index contributed by atoms with van der Waals surface area (Å²) in [6.07, 6.45) is 6.18. The SMILES string of the molecule is Nc1ccc(F)cc1C(O)C1CCCCCC1. The van der Waals surface area contributed by atoms with Crippen molar-refractivity contribution in [3.8, 4) is 0 Å². The van der Waals surface area contributed by atoms with Crippen molar-refractivity contribution >= 4 is 5.69 Å². The standard InChI is InChI=1S/C14H20FNO/c15-11-7-8-13(16)12(9-11)14(17)10-5-3-1-2-4-6-10/h7-10,14,17H,1-6,16H2. The van der Waals surface area contributed by atoms with Crippen LogP contribution in [0, 0.1) is 11.7 Å². The lowest BCUT2D eigenvalue weighted by atomic mass is 9.89. The number of hydrogen-bond acceptors (Lipinski definition) is 2. The van der Waals surface area contributed by atoms with Crippen LogP contribution in [0.1, 0.15) is 50.2 Å². The van der Waals surface area contributed by atoms with Gasteiger partial charge >= 0.3 is 0 Å². The summed E-state index contributed by atoms with van der Waals surface area (Å²) >= 11 is 0. The molecule has 0 bridgehead atoms. The van der Waals surface area contributed by atoms with Crippen molar-refractivity contribution in [2.45, 2.75) is 44.6 Å². The van der Waals surface area contributed by atoms with Crippen molar-refractivity contribution in [3.05, 3.63) is 29.6 Å². The molecule has 3 N–H and O–H groups in total. The van der Waals surface area contributed by atoms with Crippen LogP contribution in [0.2, 0.25) is 0 Å². The molecule has 0 spiro atoms. The normalized spacial score (nSPS) is 19.9. The molecule has 1 unspecified atom stereocenters. The Bertz CT molecular complexity index is 372. The van der Waals surface area contributed by atoms with Crippen molar-refractivity contribution in [1.82, 2.24) is 0 Å². The van der Waals surface area contributed by atoms with Crippen molar-refractivity contribution in [2.75, 3.05) is 5.73 Å². The van der Waals surface area contributed by atoms with E-state index in [1.807, 2.05) is 0 Å². The highest BCUT2D eigenvalue weighted by molar-refractivity contribution is 5.48. The fourth-order valence-corrected chi connectivity index (χ4v) is 2.68. The number of halogens is 1. The molecule has 0 radical (unpaired) electrons. The predicted octanol–water partition coefficient (Wildman–Crippen LogP) is 3.41. The van der Waals surface area contributed by atoms with Crippen LogP contribution in [-0.2, 0) is 0 Å². The van der Waals surface area contributed by atoms with Crippen LogP contribution >= 0.6 is 0 Å². The van der Waals surface area contributed by atoms with Gasteiger partial charge in [0.05, 0.1) is 6.10 Å². The Labute approximate surface area is 102 Å². The van der Waals surface area contributed by atoms with Crippen LogP contribution in [0.3, 0.4) is 0 Å². The Morgan fingerprint density at radius 2 is 1.82 bits per heavy atom. The summed E-state index contributed by atoms with van der Waals surface area (Å²) < 4.78 is 13.2. The van der Waals surface area contributed by atoms with Gasteiger partial charge in [0.1, 0.15) is 5.82 Å². The summed E-state index contributed by atoms with van der Waals surface area (Å²) in [5, 5.41) is 10.3. The summed E-state index contributed by atoms with van der Waals surface area (Å²) in [5.41, 5.74) is 6.85. The first-order valence-corrected chi connectivity index (χ1v) is 6.41. The molecule has 3 heteroatoms. The molecule has 2 nitrogen and oxygen atoms in total. The Hall–Kier alpha value is -1.09. The van der Waals surface area contributed by atoms with Crippen LogP contribution < -0.4 is 5.73 Å². The van der Waals surface area contributed by atoms with Gasteiger partial charge in [0.25, 0.3) is 0 Å². The summed E-state index contributed by atoms with van der Waals surface area (Å²) in [6.45, 7) is 0. The van der Waals surface area contributed by atoms with E-state index in [9.17, 15) is 9.50 Å². The fraction of sp³-hybridized carbons (Fsp3) is 0.571. The molecule has 1 aromatic rings. The van der Waals surface area contributed by atoms with E-state index in [2.05, 4.69) is 0 Å². The zero-order chi connectivity index (χ0) is 12.3. The molecular weight excluding hydrogens is 217 g/mol. The molecule has 1 fully saturated rings. The van der Waals surface area contributed by atoms with E-state index < -0.39 is 6.10 Å². The topological polar surface area (TPSA) is 46.2 Å². The van der Waals surface area contributed by atoms with Gasteiger partial charge in [0, 0.05) is 11.3 Å². The number of aliphatic hydroxyl groups is 1. The van der Waals surface area contributed by atoms with Crippen molar-refractivity contribution in [2.24, 2.45) is 5.92 Å². The second-order valence-electron chi connectivity index (χ2n) is 4.97. The molecule has 17 heavy (non-hydrogen) atoms. The summed E-state index contributed by atoms with van der Waals surface area (Å²) in [4.78, 5) is 0. The lowest BCUT2D eigenvalue weighted by Gasteiger charge is -2.22. The first-order valence-electron chi connectivity index (χ1n) is 6.41. The van der Waals surface area contributed by atoms with Gasteiger partial charge in [0.2, 0.25) is 0 Å². The number of benzene rings is 1. The average molecular weight is 237 g/mol. The van der Waals surface area contributed by atoms with Crippen molar-refractivity contribution in [1.29, 1.82) is 0 Å². The van der Waals surface area contributed by atoms with Crippen LogP contribution in [0.25, 0.3) is 0 Å². The molecule has 1 atom stereocenters. The molecule has 1 aliphatic carbocycles. The van der Waals surface area contributed by atoms with Crippen LogP contribution in [0.15, 0.2) is 18.2 Å². The highest BCUT2D eigenvalue weighted by atomic mass is 19.1. The molecule has 0 aliphatic heterocycles. The third-order valence-corrected chi connectivity index (χ3v) is 3.71. The number of aliphatic hydroxyl groups excluding tert-OH is 1. The largest absolute Gasteiger partial charge is 0.398 e. The zero-order valence-corrected chi connectivity index (χ0v) is 10.0. The van der Waals surface area contributed by atoms with Crippen LogP contribution in [-0.4, -0.2) is 5.11 Å². The van der Waals surface area contributed by atoms with Gasteiger partial charge in [-0.3, -0.25) is 0 Å². The lowest BCUT2D eigenvalue weighted by molar-refractivity contribution is 0.0991. The fourth-order valence-electron chi connectivity index (χ4n) is 2.68. The minimum atomic E-state index is -0.621. The van der Waals surface area contributed by atoms with E-state index in [0.717, 1.165) is 25.7 Å². The number of nitrogen functional groups attached to an aromatic ring is 1. The highest BCUT2D eigenvalue weighted by Crippen LogP contribution is 2.35. The maximum absolute atomic E-state index is 13.2. The number of hydrogen-bond donors (Lipinski definition) is 2. The van der Waals surface area contributed by atoms with Crippen molar-refractivity contribution < 1.29 is 9.50 Å². The third-order valence-electron chi connectivity index (χ3n) is 3.71. The van der Waals surface area contributed by atoms with E-state index in [1.54, 1.807) is 0 Å². The Kier molecular flexibility index (Phi) is 4.00. The van der Waals surface area contributed by atoms with Crippen LogP contribution in [0.4, 0.5) is 10.1 Å². The van der Waals surface area contributed by atoms with Gasteiger partial charge in [-0.25, -0.2) is 4.39 Å². The third kappa shape index (κ3) is 2.97. The molecule has 0 aromatic heterocycles. The van der Waals surface area contributed by atoms with Gasteiger partial charge in [-0.15, -0.1) is 0 Å². The maximum Gasteiger partial charge on any atom is 0.123 e. The van der Waals surface area contributed by atoms with E-state index >= 15 is 0 Å². The summed E-state index contributed by atoms with van der Waals surface area (Å²) in [5.74, 6) is -0.108. The first-order chi connectivity index (χ1) is 8.18. The van der Waals surface area contributed by atoms with Gasteiger partial charge in [0.15, 0.2) is 0 Å². The zero-order valence-electron chi connectivity index (χ0n) is 10.0. The minimum Gasteiger partial charge on any atom is -0.398 e. The second kappa shape index (κ2) is 5.50. The molecule has 0 heterocycles. The molecule has 1 saturated carbocycles. The number of nitrogens with two attached hydrogens (primary N) is 1. The summed E-state index contributed by atoms with van der Waals surface area (Å²) in [7, 11) is 0. The minimum absolute atomic E-state index is 0.224. The van der Waals surface area contributed by atoms with E-state index in [0.29, 0.717) is 11.3 Å². The molecule has 0 saturated heterocycles. The number of rotatable bonds is 2. The second-order valence-corrected chi connectivity index (χ2v) is 4.97. The summed E-state index contributed by atoms with van der Waals surface area (Å²) in [6, 6.07) is 4.23. The number of anilines is 1. The van der Waals surface area contributed by atoms with E-state index in [1.165, 1.54) is 31.0 Å². The van der Waals surface area contributed by atoms with Gasteiger partial charge in [-0.1, -0.05) is 25.7 Å². The Morgan fingerprint density at radius 3 is 2.47 bits per heavy atom. The Balaban J connectivity index is 2.16.